The fourth-order valence-electron chi connectivity index (χ4n) is 1.81. The van der Waals surface area contributed by atoms with E-state index in [4.69, 9.17) is 16.6 Å². The molecule has 2 amide bonds. The van der Waals surface area contributed by atoms with Crippen LogP contribution in [0.15, 0.2) is 0 Å². The molecule has 0 radical (unpaired) electrons. The van der Waals surface area contributed by atoms with Crippen LogP contribution in [0.25, 0.3) is 0 Å². The number of amides is 2. The normalized spacial score (nSPS) is 25.6. The number of hydrogen-bond donors (Lipinski definition) is 4. The zero-order valence-corrected chi connectivity index (χ0v) is 9.07. The van der Waals surface area contributed by atoms with Gasteiger partial charge in [-0.2, -0.15) is 0 Å². The van der Waals surface area contributed by atoms with E-state index >= 15 is 0 Å². The van der Waals surface area contributed by atoms with Gasteiger partial charge in [0.2, 0.25) is 11.8 Å². The number of carbonyl (C=O) groups excluding carboxylic acids is 2. The van der Waals surface area contributed by atoms with Gasteiger partial charge in [-0.3, -0.25) is 9.59 Å². The summed E-state index contributed by atoms with van der Waals surface area (Å²) in [6.45, 7) is -0.0950. The van der Waals surface area contributed by atoms with Gasteiger partial charge in [0.1, 0.15) is 6.04 Å². The van der Waals surface area contributed by atoms with Gasteiger partial charge in [0.05, 0.1) is 18.6 Å². The van der Waals surface area contributed by atoms with Crippen molar-refractivity contribution in [2.75, 3.05) is 6.54 Å². The fraction of sp³-hybridized carbons (Fsp3) is 0.667. The lowest BCUT2D eigenvalue weighted by Gasteiger charge is -2.23. The van der Waals surface area contributed by atoms with Crippen molar-refractivity contribution in [1.82, 2.24) is 4.90 Å². The molecule has 8 nitrogen and oxygen atoms in total. The van der Waals surface area contributed by atoms with E-state index in [1.807, 2.05) is 0 Å². The lowest BCUT2D eigenvalue weighted by atomic mass is 10.1. The Kier molecular flexibility index (Phi) is 4.02. The number of likely N-dealkylation sites (tertiary alicyclic amines) is 1. The van der Waals surface area contributed by atoms with E-state index in [0.29, 0.717) is 0 Å². The number of aliphatic carboxylic acids is 1. The number of aliphatic hydroxyl groups is 1. The van der Waals surface area contributed by atoms with Gasteiger partial charge in [-0.1, -0.05) is 0 Å². The van der Waals surface area contributed by atoms with Crippen molar-refractivity contribution in [3.63, 3.8) is 0 Å². The SMILES string of the molecule is NC(=O)CC(N)C(=O)N1C[C@H](O)C[C@@H]1C(=O)O. The topological polar surface area (TPSA) is 147 Å². The highest BCUT2D eigenvalue weighted by atomic mass is 16.4. The lowest BCUT2D eigenvalue weighted by molar-refractivity contribution is -0.148. The molecule has 8 heteroatoms. The smallest absolute Gasteiger partial charge is 0.326 e. The molecule has 0 spiro atoms. The molecule has 3 atom stereocenters. The molecule has 1 aliphatic heterocycles. The van der Waals surface area contributed by atoms with Crippen molar-refractivity contribution in [3.05, 3.63) is 0 Å². The predicted octanol–water partition coefficient (Wildman–Crippen LogP) is -2.76. The first kappa shape index (κ1) is 13.4. The van der Waals surface area contributed by atoms with Crippen molar-refractivity contribution in [3.8, 4) is 0 Å². The number of carbonyl (C=O) groups is 3. The third kappa shape index (κ3) is 3.14. The van der Waals surface area contributed by atoms with Crippen LogP contribution in [0.3, 0.4) is 0 Å². The van der Waals surface area contributed by atoms with E-state index in [0.717, 1.165) is 4.90 Å². The quantitative estimate of drug-likeness (QED) is 0.421. The maximum absolute atomic E-state index is 11.8. The maximum atomic E-state index is 11.8. The number of carboxylic acid groups (broad SMARTS) is 1. The first-order chi connectivity index (χ1) is 7.82. The highest BCUT2D eigenvalue weighted by molar-refractivity contribution is 5.90. The second-order valence-electron chi connectivity index (χ2n) is 4.01. The van der Waals surface area contributed by atoms with E-state index in [1.54, 1.807) is 0 Å². The molecular formula is C9H15N3O5. The van der Waals surface area contributed by atoms with Crippen LogP contribution in [0, 0.1) is 0 Å². The van der Waals surface area contributed by atoms with E-state index in [2.05, 4.69) is 0 Å². The zero-order chi connectivity index (χ0) is 13.2. The number of rotatable bonds is 4. The number of primary amides is 1. The summed E-state index contributed by atoms with van der Waals surface area (Å²) < 4.78 is 0. The fourth-order valence-corrected chi connectivity index (χ4v) is 1.81. The number of nitrogens with zero attached hydrogens (tertiary/aromatic N) is 1. The van der Waals surface area contributed by atoms with Crippen molar-refractivity contribution in [2.24, 2.45) is 11.5 Å². The minimum Gasteiger partial charge on any atom is -0.480 e. The van der Waals surface area contributed by atoms with E-state index in [-0.39, 0.29) is 19.4 Å². The first-order valence-corrected chi connectivity index (χ1v) is 5.08. The summed E-state index contributed by atoms with van der Waals surface area (Å²) in [7, 11) is 0. The largest absolute Gasteiger partial charge is 0.480 e. The van der Waals surface area contributed by atoms with Crippen molar-refractivity contribution in [1.29, 1.82) is 0 Å². The molecule has 1 fully saturated rings. The lowest BCUT2D eigenvalue weighted by Crippen LogP contribution is -2.49. The number of nitrogens with two attached hydrogens (primary N) is 2. The molecule has 17 heavy (non-hydrogen) atoms. The Morgan fingerprint density at radius 1 is 1.41 bits per heavy atom. The summed E-state index contributed by atoms with van der Waals surface area (Å²) >= 11 is 0. The zero-order valence-electron chi connectivity index (χ0n) is 9.07. The maximum Gasteiger partial charge on any atom is 0.326 e. The highest BCUT2D eigenvalue weighted by Crippen LogP contribution is 2.19. The van der Waals surface area contributed by atoms with Crippen LogP contribution in [0.1, 0.15) is 12.8 Å². The third-order valence-corrected chi connectivity index (χ3v) is 2.59. The Labute approximate surface area is 97.2 Å². The monoisotopic (exact) mass is 245 g/mol. The van der Waals surface area contributed by atoms with Gasteiger partial charge in [-0.05, 0) is 0 Å². The van der Waals surface area contributed by atoms with Gasteiger partial charge in [0.15, 0.2) is 0 Å². The molecule has 1 heterocycles. The summed E-state index contributed by atoms with van der Waals surface area (Å²) in [6.07, 6.45) is -1.27. The molecular weight excluding hydrogens is 230 g/mol. The number of β-amino-alcohol motifs (C(OH)–C–C–N with tert-alkyl or cyclic N) is 1. The van der Waals surface area contributed by atoms with Gasteiger partial charge in [0.25, 0.3) is 0 Å². The summed E-state index contributed by atoms with van der Waals surface area (Å²) in [4.78, 5) is 34.2. The summed E-state index contributed by atoms with van der Waals surface area (Å²) in [5.74, 6) is -2.63. The Balaban J connectivity index is 2.73. The summed E-state index contributed by atoms with van der Waals surface area (Å²) in [5.41, 5.74) is 10.3. The second-order valence-corrected chi connectivity index (χ2v) is 4.01. The van der Waals surface area contributed by atoms with E-state index < -0.39 is 36.0 Å². The van der Waals surface area contributed by atoms with Crippen LogP contribution in [-0.2, 0) is 14.4 Å². The number of aliphatic hydroxyl groups excluding tert-OH is 1. The Hall–Kier alpha value is -1.67. The Morgan fingerprint density at radius 3 is 2.47 bits per heavy atom. The first-order valence-electron chi connectivity index (χ1n) is 5.08. The van der Waals surface area contributed by atoms with E-state index in [9.17, 15) is 19.5 Å². The number of hydrogen-bond acceptors (Lipinski definition) is 5. The van der Waals surface area contributed by atoms with Crippen LogP contribution in [0.5, 0.6) is 0 Å². The molecule has 96 valence electrons. The molecule has 6 N–H and O–H groups in total. The average molecular weight is 245 g/mol. The van der Waals surface area contributed by atoms with Gasteiger partial charge in [-0.25, -0.2) is 4.79 Å². The molecule has 1 rings (SSSR count). The van der Waals surface area contributed by atoms with Gasteiger partial charge in [0, 0.05) is 13.0 Å². The second kappa shape index (κ2) is 5.11. The minimum absolute atomic E-state index is 0.0373. The molecule has 1 aliphatic rings. The van der Waals surface area contributed by atoms with Crippen molar-refractivity contribution >= 4 is 17.8 Å². The molecule has 1 unspecified atom stereocenters. The molecule has 0 bridgehead atoms. The van der Waals surface area contributed by atoms with Crippen LogP contribution >= 0.6 is 0 Å². The Morgan fingerprint density at radius 2 is 2.00 bits per heavy atom. The average Bonchev–Trinajstić information content (AvgIpc) is 2.58. The van der Waals surface area contributed by atoms with Crippen LogP contribution in [-0.4, -0.2) is 57.6 Å². The summed E-state index contributed by atoms with van der Waals surface area (Å²) in [6, 6.07) is -2.27. The van der Waals surface area contributed by atoms with Gasteiger partial charge >= 0.3 is 5.97 Å². The van der Waals surface area contributed by atoms with Gasteiger partial charge in [-0.15, -0.1) is 0 Å². The van der Waals surface area contributed by atoms with Crippen molar-refractivity contribution in [2.45, 2.75) is 31.0 Å². The van der Waals surface area contributed by atoms with Crippen LogP contribution in [0.2, 0.25) is 0 Å². The minimum atomic E-state index is -1.21. The van der Waals surface area contributed by atoms with E-state index in [1.165, 1.54) is 0 Å². The molecule has 1 saturated heterocycles. The van der Waals surface area contributed by atoms with Crippen molar-refractivity contribution < 1.29 is 24.6 Å². The van der Waals surface area contributed by atoms with Crippen LogP contribution in [0.4, 0.5) is 0 Å². The molecule has 0 saturated carbocycles. The molecule has 0 aromatic rings. The standard InChI is InChI=1S/C9H15N3O5/c10-5(2-7(11)14)8(15)12-3-4(13)1-6(12)9(16)17/h4-6,13H,1-3,10H2,(H2,11,14)(H,16,17)/t4-,5?,6-/m1/s1. The molecule has 0 aliphatic carbocycles. The van der Waals surface area contributed by atoms with Crippen LogP contribution < -0.4 is 11.5 Å². The third-order valence-electron chi connectivity index (χ3n) is 2.59. The Bertz CT molecular complexity index is 346. The molecule has 0 aromatic carbocycles. The highest BCUT2D eigenvalue weighted by Gasteiger charge is 2.40. The molecule has 0 aromatic heterocycles. The van der Waals surface area contributed by atoms with Gasteiger partial charge < -0.3 is 26.6 Å². The summed E-state index contributed by atoms with van der Waals surface area (Å²) in [5, 5.41) is 18.2. The number of carboxylic acids is 1. The predicted molar refractivity (Wildman–Crippen MR) is 55.5 cm³/mol.